The van der Waals surface area contributed by atoms with Gasteiger partial charge in [-0.2, -0.15) is 5.10 Å². The maximum atomic E-state index is 11.6. The molecule has 2 N–H and O–H groups in total. The Morgan fingerprint density at radius 1 is 1.75 bits per heavy atom. The average molecular weight is 219 g/mol. The van der Waals surface area contributed by atoms with Gasteiger partial charge in [0, 0.05) is 18.9 Å². The molecule has 0 saturated carbocycles. The number of hydrogen-bond acceptors (Lipinski definition) is 3. The van der Waals surface area contributed by atoms with Crippen molar-refractivity contribution in [3.63, 3.8) is 0 Å². The number of aromatic carboxylic acids is 1. The van der Waals surface area contributed by atoms with Gasteiger partial charge in [-0.3, -0.25) is 14.8 Å². The molecule has 1 saturated heterocycles. The summed E-state index contributed by atoms with van der Waals surface area (Å²) < 4.78 is 0. The molecular formula is C10H9N3O3. The van der Waals surface area contributed by atoms with Crippen LogP contribution in [0.25, 0.3) is 0 Å². The minimum atomic E-state index is -1.12. The molecule has 2 heterocycles. The van der Waals surface area contributed by atoms with Crippen LogP contribution < -0.4 is 4.90 Å². The number of anilines is 1. The zero-order valence-electron chi connectivity index (χ0n) is 8.30. The largest absolute Gasteiger partial charge is 0.477 e. The first-order chi connectivity index (χ1) is 7.63. The Morgan fingerprint density at radius 2 is 2.50 bits per heavy atom. The molecular weight excluding hydrogens is 210 g/mol. The van der Waals surface area contributed by atoms with Crippen molar-refractivity contribution in [2.24, 2.45) is 5.92 Å². The highest BCUT2D eigenvalue weighted by Crippen LogP contribution is 2.25. The van der Waals surface area contributed by atoms with E-state index in [-0.39, 0.29) is 29.6 Å². The lowest BCUT2D eigenvalue weighted by Gasteiger charge is -2.13. The Bertz CT molecular complexity index is 486. The van der Waals surface area contributed by atoms with E-state index in [0.29, 0.717) is 6.54 Å². The van der Waals surface area contributed by atoms with E-state index in [4.69, 9.17) is 11.5 Å². The fourth-order valence-corrected chi connectivity index (χ4v) is 1.68. The summed E-state index contributed by atoms with van der Waals surface area (Å²) in [6.07, 6.45) is 6.66. The van der Waals surface area contributed by atoms with Crippen molar-refractivity contribution >= 4 is 17.7 Å². The molecule has 1 atom stereocenters. The van der Waals surface area contributed by atoms with Gasteiger partial charge in [-0.05, 0) is 0 Å². The molecule has 2 rings (SSSR count). The maximum Gasteiger partial charge on any atom is 0.341 e. The van der Waals surface area contributed by atoms with Crippen molar-refractivity contribution in [3.8, 4) is 12.3 Å². The summed E-state index contributed by atoms with van der Waals surface area (Å²) in [6.45, 7) is 0.331. The number of rotatable bonds is 2. The first kappa shape index (κ1) is 10.2. The van der Waals surface area contributed by atoms with Crippen LogP contribution in [0.4, 0.5) is 5.82 Å². The van der Waals surface area contributed by atoms with Crippen LogP contribution in [0.3, 0.4) is 0 Å². The Morgan fingerprint density at radius 3 is 3.06 bits per heavy atom. The third kappa shape index (κ3) is 1.52. The lowest BCUT2D eigenvalue weighted by Crippen LogP contribution is -2.26. The number of hydrogen-bond donors (Lipinski definition) is 2. The van der Waals surface area contributed by atoms with Crippen molar-refractivity contribution in [1.82, 2.24) is 10.2 Å². The predicted octanol–water partition coefficient (Wildman–Crippen LogP) is 0.0940. The highest BCUT2D eigenvalue weighted by Gasteiger charge is 2.32. The highest BCUT2D eigenvalue weighted by molar-refractivity contribution is 6.01. The van der Waals surface area contributed by atoms with Gasteiger partial charge in [-0.25, -0.2) is 4.79 Å². The smallest absolute Gasteiger partial charge is 0.341 e. The zero-order valence-corrected chi connectivity index (χ0v) is 8.30. The number of aromatic nitrogens is 2. The average Bonchev–Trinajstić information content (AvgIpc) is 2.82. The third-order valence-electron chi connectivity index (χ3n) is 2.48. The fourth-order valence-electron chi connectivity index (χ4n) is 1.68. The van der Waals surface area contributed by atoms with Gasteiger partial charge in [0.15, 0.2) is 0 Å². The van der Waals surface area contributed by atoms with Crippen molar-refractivity contribution in [2.45, 2.75) is 6.42 Å². The normalized spacial score (nSPS) is 19.8. The minimum absolute atomic E-state index is 0.0222. The summed E-state index contributed by atoms with van der Waals surface area (Å²) in [5, 5.41) is 15.0. The summed E-state index contributed by atoms with van der Waals surface area (Å²) in [6, 6.07) is 0. The molecule has 0 bridgehead atoms. The zero-order chi connectivity index (χ0) is 11.7. The van der Waals surface area contributed by atoms with E-state index in [9.17, 15) is 9.59 Å². The van der Waals surface area contributed by atoms with Crippen LogP contribution in [0, 0.1) is 18.3 Å². The van der Waals surface area contributed by atoms with E-state index in [1.165, 1.54) is 11.1 Å². The summed E-state index contributed by atoms with van der Waals surface area (Å²) in [5.41, 5.74) is -0.0222. The number of H-pyrrole nitrogens is 1. The second-order valence-corrected chi connectivity index (χ2v) is 3.51. The second kappa shape index (κ2) is 3.70. The lowest BCUT2D eigenvalue weighted by atomic mass is 10.1. The first-order valence-corrected chi connectivity index (χ1v) is 4.66. The van der Waals surface area contributed by atoms with Crippen LogP contribution in [0.2, 0.25) is 0 Å². The topological polar surface area (TPSA) is 86.3 Å². The first-order valence-electron chi connectivity index (χ1n) is 4.66. The van der Waals surface area contributed by atoms with Crippen LogP contribution in [0.15, 0.2) is 6.20 Å². The molecule has 1 aromatic heterocycles. The van der Waals surface area contributed by atoms with Gasteiger partial charge >= 0.3 is 5.97 Å². The Labute approximate surface area is 91.3 Å². The summed E-state index contributed by atoms with van der Waals surface area (Å²) in [5.74, 6) is 1.22. The predicted molar refractivity (Wildman–Crippen MR) is 54.8 cm³/mol. The Kier molecular flexibility index (Phi) is 2.37. The molecule has 1 aliphatic rings. The number of nitrogens with zero attached hydrogens (tertiary/aromatic N) is 2. The molecule has 1 aromatic rings. The third-order valence-corrected chi connectivity index (χ3v) is 2.48. The number of carboxylic acids is 1. The molecule has 82 valence electrons. The van der Waals surface area contributed by atoms with Gasteiger partial charge in [0.2, 0.25) is 5.91 Å². The van der Waals surface area contributed by atoms with Crippen LogP contribution in [-0.4, -0.2) is 33.7 Å². The van der Waals surface area contributed by atoms with Crippen molar-refractivity contribution < 1.29 is 14.7 Å². The Hall–Kier alpha value is -2.29. The van der Waals surface area contributed by atoms with Crippen LogP contribution in [0.1, 0.15) is 16.8 Å². The number of carboxylic acid groups (broad SMARTS) is 1. The molecule has 0 aliphatic carbocycles. The molecule has 1 fully saturated rings. The fraction of sp³-hybridized carbons (Fsp3) is 0.300. The van der Waals surface area contributed by atoms with Gasteiger partial charge in [0.05, 0.1) is 6.20 Å². The summed E-state index contributed by atoms with van der Waals surface area (Å²) >= 11 is 0. The standard InChI is InChI=1S/C10H9N3O3/c1-2-6-3-8(14)13(5-6)9-7(10(15)16)4-11-12-9/h1,4,6H,3,5H2,(H,11,12)(H,15,16). The number of amides is 1. The summed E-state index contributed by atoms with van der Waals surface area (Å²) in [7, 11) is 0. The summed E-state index contributed by atoms with van der Waals surface area (Å²) in [4.78, 5) is 23.8. The van der Waals surface area contributed by atoms with E-state index >= 15 is 0 Å². The molecule has 1 unspecified atom stereocenters. The van der Waals surface area contributed by atoms with Gasteiger partial charge in [0.25, 0.3) is 0 Å². The maximum absolute atomic E-state index is 11.6. The number of carbonyl (C=O) groups excluding carboxylic acids is 1. The SMILES string of the molecule is C#CC1CC(=O)N(c2[nH]ncc2C(=O)O)C1. The molecule has 1 amide bonds. The highest BCUT2D eigenvalue weighted by atomic mass is 16.4. The number of terminal acetylenes is 1. The molecule has 0 radical (unpaired) electrons. The van der Waals surface area contributed by atoms with Crippen molar-refractivity contribution in [2.75, 3.05) is 11.4 Å². The van der Waals surface area contributed by atoms with Gasteiger partial charge < -0.3 is 5.11 Å². The van der Waals surface area contributed by atoms with Gasteiger partial charge in [-0.1, -0.05) is 0 Å². The molecule has 1 aliphatic heterocycles. The van der Waals surface area contributed by atoms with Gasteiger partial charge in [0.1, 0.15) is 11.4 Å². The van der Waals surface area contributed by atoms with Crippen molar-refractivity contribution in [3.05, 3.63) is 11.8 Å². The van der Waals surface area contributed by atoms with E-state index < -0.39 is 5.97 Å². The molecule has 6 nitrogen and oxygen atoms in total. The molecule has 6 heteroatoms. The van der Waals surface area contributed by atoms with Crippen LogP contribution in [-0.2, 0) is 4.79 Å². The quantitative estimate of drug-likeness (QED) is 0.690. The van der Waals surface area contributed by atoms with E-state index in [2.05, 4.69) is 16.1 Å². The molecule has 0 aromatic carbocycles. The number of nitrogens with one attached hydrogen (secondary N) is 1. The van der Waals surface area contributed by atoms with E-state index in [1.54, 1.807) is 0 Å². The monoisotopic (exact) mass is 219 g/mol. The van der Waals surface area contributed by atoms with E-state index in [1.807, 2.05) is 0 Å². The van der Waals surface area contributed by atoms with Crippen LogP contribution in [0.5, 0.6) is 0 Å². The number of carbonyl (C=O) groups is 2. The van der Waals surface area contributed by atoms with Crippen LogP contribution >= 0.6 is 0 Å². The lowest BCUT2D eigenvalue weighted by molar-refractivity contribution is -0.117. The molecule has 16 heavy (non-hydrogen) atoms. The minimum Gasteiger partial charge on any atom is -0.477 e. The number of aromatic amines is 1. The van der Waals surface area contributed by atoms with Gasteiger partial charge in [-0.15, -0.1) is 12.3 Å². The molecule has 0 spiro atoms. The van der Waals surface area contributed by atoms with Crippen molar-refractivity contribution in [1.29, 1.82) is 0 Å². The van der Waals surface area contributed by atoms with E-state index in [0.717, 1.165) is 0 Å². The second-order valence-electron chi connectivity index (χ2n) is 3.51. The Balaban J connectivity index is 2.32.